The Morgan fingerprint density at radius 3 is 2.39 bits per heavy atom. The smallest absolute Gasteiger partial charge is 0.238 e. The van der Waals surface area contributed by atoms with Gasteiger partial charge < -0.3 is 5.32 Å². The molecule has 1 N–H and O–H groups in total. The molecule has 0 saturated heterocycles. The van der Waals surface area contributed by atoms with Crippen LogP contribution in [0.25, 0.3) is 10.9 Å². The van der Waals surface area contributed by atoms with Crippen LogP contribution in [0.5, 0.6) is 0 Å². The maximum atomic E-state index is 13.2. The highest BCUT2D eigenvalue weighted by Crippen LogP contribution is 2.35. The number of nitrogens with zero attached hydrogens (tertiary/aromatic N) is 1. The number of para-hydroxylation sites is 1. The Kier molecular flexibility index (Phi) is 6.27. The van der Waals surface area contributed by atoms with Crippen molar-refractivity contribution >= 4 is 28.6 Å². The van der Waals surface area contributed by atoms with E-state index >= 15 is 0 Å². The minimum atomic E-state index is -0.293. The Morgan fingerprint density at radius 1 is 0.893 bits per heavy atom. The van der Waals surface area contributed by atoms with Crippen LogP contribution in [0.4, 0.5) is 0 Å². The summed E-state index contributed by atoms with van der Waals surface area (Å²) in [6.45, 7) is 0. The molecule has 0 spiro atoms. The van der Waals surface area contributed by atoms with Crippen LogP contribution in [0.1, 0.15) is 49.3 Å². The Hall–Kier alpha value is -2.33. The van der Waals surface area contributed by atoms with Crippen LogP contribution in [-0.4, -0.2) is 16.9 Å². The first-order valence-corrected chi connectivity index (χ1v) is 11.1. The first-order chi connectivity index (χ1) is 13.8. The molecule has 1 aliphatic carbocycles. The van der Waals surface area contributed by atoms with Crippen LogP contribution < -0.4 is 5.32 Å². The fourth-order valence-electron chi connectivity index (χ4n) is 3.84. The molecule has 1 saturated carbocycles. The lowest BCUT2D eigenvalue weighted by atomic mass is 10.1. The second kappa shape index (κ2) is 9.24. The molecule has 1 fully saturated rings. The highest BCUT2D eigenvalue weighted by atomic mass is 32.2. The summed E-state index contributed by atoms with van der Waals surface area (Å²) < 4.78 is 0. The third-order valence-electron chi connectivity index (χ3n) is 5.35. The SMILES string of the molecule is O=C(NC1CCCCCC1)[C@@H](Sc1ccc2ccccc2n1)c1ccccc1. The summed E-state index contributed by atoms with van der Waals surface area (Å²) in [5.74, 6) is 0.0954. The topological polar surface area (TPSA) is 42.0 Å². The van der Waals surface area contributed by atoms with Gasteiger partial charge in [0.1, 0.15) is 5.25 Å². The molecule has 0 bridgehead atoms. The van der Waals surface area contributed by atoms with Crippen molar-refractivity contribution in [2.75, 3.05) is 0 Å². The number of carbonyl (C=O) groups excluding carboxylic acids is 1. The van der Waals surface area contributed by atoms with Crippen LogP contribution in [-0.2, 0) is 4.79 Å². The Bertz CT molecular complexity index is 920. The van der Waals surface area contributed by atoms with Crippen molar-refractivity contribution in [3.05, 3.63) is 72.3 Å². The largest absolute Gasteiger partial charge is 0.352 e. The second-order valence-electron chi connectivity index (χ2n) is 7.45. The number of aromatic nitrogens is 1. The molecule has 3 aromatic rings. The summed E-state index contributed by atoms with van der Waals surface area (Å²) in [4.78, 5) is 18.0. The summed E-state index contributed by atoms with van der Waals surface area (Å²) in [6, 6.07) is 22.5. The summed E-state index contributed by atoms with van der Waals surface area (Å²) in [7, 11) is 0. The molecule has 1 aliphatic rings. The van der Waals surface area contributed by atoms with Crippen molar-refractivity contribution in [3.63, 3.8) is 0 Å². The number of carbonyl (C=O) groups is 1. The first-order valence-electron chi connectivity index (χ1n) is 10.2. The van der Waals surface area contributed by atoms with Gasteiger partial charge in [-0.05, 0) is 30.5 Å². The van der Waals surface area contributed by atoms with E-state index in [9.17, 15) is 4.79 Å². The van der Waals surface area contributed by atoms with Crippen LogP contribution in [0.15, 0.2) is 71.8 Å². The van der Waals surface area contributed by atoms with Gasteiger partial charge in [-0.2, -0.15) is 0 Å². The average molecular weight is 391 g/mol. The van der Waals surface area contributed by atoms with E-state index in [2.05, 4.69) is 17.4 Å². The first kappa shape index (κ1) is 19.0. The number of nitrogens with one attached hydrogen (secondary N) is 1. The number of hydrogen-bond acceptors (Lipinski definition) is 3. The predicted octanol–water partition coefficient (Wildman–Crippen LogP) is 5.91. The zero-order chi connectivity index (χ0) is 19.2. The minimum absolute atomic E-state index is 0.0954. The maximum Gasteiger partial charge on any atom is 0.238 e. The van der Waals surface area contributed by atoms with Crippen molar-refractivity contribution in [2.24, 2.45) is 0 Å². The third-order valence-corrected chi connectivity index (χ3v) is 6.54. The number of amides is 1. The molecule has 0 unspecified atom stereocenters. The van der Waals surface area contributed by atoms with Gasteiger partial charge in [-0.3, -0.25) is 4.79 Å². The van der Waals surface area contributed by atoms with Crippen molar-refractivity contribution in [1.29, 1.82) is 0 Å². The van der Waals surface area contributed by atoms with Gasteiger partial charge in [-0.1, -0.05) is 92.0 Å². The molecule has 3 nitrogen and oxygen atoms in total. The lowest BCUT2D eigenvalue weighted by molar-refractivity contribution is -0.121. The van der Waals surface area contributed by atoms with E-state index in [-0.39, 0.29) is 11.2 Å². The van der Waals surface area contributed by atoms with E-state index in [1.165, 1.54) is 37.4 Å². The van der Waals surface area contributed by atoms with Crippen LogP contribution in [0.3, 0.4) is 0 Å². The van der Waals surface area contributed by atoms with Crippen LogP contribution in [0, 0.1) is 0 Å². The zero-order valence-corrected chi connectivity index (χ0v) is 16.8. The highest BCUT2D eigenvalue weighted by Gasteiger charge is 2.25. The molecule has 144 valence electrons. The van der Waals surface area contributed by atoms with Crippen LogP contribution in [0.2, 0.25) is 0 Å². The molecule has 1 amide bonds. The van der Waals surface area contributed by atoms with Gasteiger partial charge in [0.2, 0.25) is 5.91 Å². The van der Waals surface area contributed by atoms with E-state index in [0.717, 1.165) is 34.3 Å². The molecule has 28 heavy (non-hydrogen) atoms. The van der Waals surface area contributed by atoms with Crippen LogP contribution >= 0.6 is 11.8 Å². The Balaban J connectivity index is 1.56. The van der Waals surface area contributed by atoms with Gasteiger partial charge in [-0.15, -0.1) is 0 Å². The molecule has 2 aromatic carbocycles. The lowest BCUT2D eigenvalue weighted by Gasteiger charge is -2.21. The highest BCUT2D eigenvalue weighted by molar-refractivity contribution is 8.00. The average Bonchev–Trinajstić information content (AvgIpc) is 3.01. The van der Waals surface area contributed by atoms with E-state index in [1.54, 1.807) is 0 Å². The van der Waals surface area contributed by atoms with Crippen molar-refractivity contribution in [2.45, 2.75) is 54.8 Å². The van der Waals surface area contributed by atoms with Gasteiger partial charge >= 0.3 is 0 Å². The normalized spacial score (nSPS) is 16.4. The maximum absolute atomic E-state index is 13.2. The van der Waals surface area contributed by atoms with Crippen molar-refractivity contribution in [3.8, 4) is 0 Å². The molecule has 1 heterocycles. The number of hydrogen-bond donors (Lipinski definition) is 1. The Labute approximate surface area is 171 Å². The number of pyridine rings is 1. The van der Waals surface area contributed by atoms with Gasteiger partial charge in [0, 0.05) is 11.4 Å². The van der Waals surface area contributed by atoms with E-state index in [4.69, 9.17) is 4.98 Å². The van der Waals surface area contributed by atoms with Gasteiger partial charge in [0.25, 0.3) is 0 Å². The van der Waals surface area contributed by atoms with Gasteiger partial charge in [0.05, 0.1) is 10.5 Å². The van der Waals surface area contributed by atoms with E-state index in [1.807, 2.05) is 54.6 Å². The fraction of sp³-hybridized carbons (Fsp3) is 0.333. The fourth-order valence-corrected chi connectivity index (χ4v) is 4.84. The molecule has 4 rings (SSSR count). The van der Waals surface area contributed by atoms with Gasteiger partial charge in [-0.25, -0.2) is 4.98 Å². The number of benzene rings is 2. The van der Waals surface area contributed by atoms with Crippen molar-refractivity contribution in [1.82, 2.24) is 10.3 Å². The summed E-state index contributed by atoms with van der Waals surface area (Å²) in [5.41, 5.74) is 1.98. The van der Waals surface area contributed by atoms with Crippen molar-refractivity contribution < 1.29 is 4.79 Å². The molecule has 4 heteroatoms. The molecule has 0 aliphatic heterocycles. The summed E-state index contributed by atoms with van der Waals surface area (Å²) in [6.07, 6.45) is 7.16. The monoisotopic (exact) mass is 390 g/mol. The molecular weight excluding hydrogens is 364 g/mol. The molecule has 0 radical (unpaired) electrons. The predicted molar refractivity (Wildman–Crippen MR) is 116 cm³/mol. The quantitative estimate of drug-likeness (QED) is 0.435. The zero-order valence-electron chi connectivity index (χ0n) is 16.0. The number of thioether (sulfide) groups is 1. The molecule has 1 atom stereocenters. The standard InChI is InChI=1S/C24H26N2OS/c27-24(25-20-13-6-1-2-7-14-20)23(19-11-4-3-5-12-19)28-22-17-16-18-10-8-9-15-21(18)26-22/h3-5,8-12,15-17,20,23H,1-2,6-7,13-14H2,(H,25,27)/t23-/m0/s1. The van der Waals surface area contributed by atoms with E-state index < -0.39 is 0 Å². The second-order valence-corrected chi connectivity index (χ2v) is 8.57. The van der Waals surface area contributed by atoms with Gasteiger partial charge in [0.15, 0.2) is 0 Å². The number of rotatable bonds is 5. The Morgan fingerprint density at radius 2 is 1.61 bits per heavy atom. The molecule has 1 aromatic heterocycles. The number of fused-ring (bicyclic) bond motifs is 1. The lowest BCUT2D eigenvalue weighted by Crippen LogP contribution is -2.37. The summed E-state index contributed by atoms with van der Waals surface area (Å²) >= 11 is 1.54. The third kappa shape index (κ3) is 4.74. The van der Waals surface area contributed by atoms with E-state index in [0.29, 0.717) is 6.04 Å². The molecular formula is C24H26N2OS. The summed E-state index contributed by atoms with van der Waals surface area (Å²) in [5, 5.41) is 5.03. The minimum Gasteiger partial charge on any atom is -0.352 e.